The molecule has 3 nitrogen and oxygen atoms in total. The van der Waals surface area contributed by atoms with Gasteiger partial charge in [-0.1, -0.05) is 0 Å². The molecular weight excluding hydrogens is 150 g/mol. The number of amides is 1. The molecule has 1 N–H and O–H groups in total. The first kappa shape index (κ1) is 9.78. The lowest BCUT2D eigenvalue weighted by molar-refractivity contribution is -0.119. The van der Waals surface area contributed by atoms with Crippen LogP contribution in [-0.2, 0) is 9.53 Å². The van der Waals surface area contributed by atoms with E-state index in [2.05, 4.69) is 17.9 Å². The molecule has 0 aliphatic heterocycles. The Bertz CT molecular complexity index is 108. The summed E-state index contributed by atoms with van der Waals surface area (Å²) >= 11 is 3.81. The summed E-state index contributed by atoms with van der Waals surface area (Å²) in [5, 5.41) is 2.69. The van der Waals surface area contributed by atoms with Crippen molar-refractivity contribution in [1.29, 1.82) is 0 Å². The van der Waals surface area contributed by atoms with Gasteiger partial charge in [0.15, 0.2) is 0 Å². The maximum atomic E-state index is 10.7. The fourth-order valence-corrected chi connectivity index (χ4v) is 0.703. The van der Waals surface area contributed by atoms with Gasteiger partial charge in [-0.05, 0) is 6.92 Å². The lowest BCUT2D eigenvalue weighted by atomic mass is 10.3. The number of carbonyl (C=O) groups is 1. The van der Waals surface area contributed by atoms with Crippen LogP contribution >= 0.6 is 12.6 Å². The van der Waals surface area contributed by atoms with Crippen molar-refractivity contribution < 1.29 is 9.53 Å². The third-order valence-corrected chi connectivity index (χ3v) is 1.25. The predicted molar refractivity (Wildman–Crippen MR) is 43.3 cm³/mol. The van der Waals surface area contributed by atoms with Crippen LogP contribution in [0.25, 0.3) is 0 Å². The number of methoxy groups -OCH3 is 1. The normalized spacial score (nSPS) is 12.7. The minimum Gasteiger partial charge on any atom is -0.383 e. The number of ether oxygens (including phenoxy) is 1. The first-order valence-corrected chi connectivity index (χ1v) is 3.73. The standard InChI is InChI=1S/C6H13NO2S/c1-5(3-9-2)7-6(8)4-10/h5,10H,3-4H2,1-2H3,(H,7,8). The molecule has 0 saturated carbocycles. The number of rotatable bonds is 4. The monoisotopic (exact) mass is 163 g/mol. The molecule has 0 heterocycles. The second-order valence-corrected chi connectivity index (χ2v) is 2.40. The van der Waals surface area contributed by atoms with Crippen LogP contribution in [0.4, 0.5) is 0 Å². The van der Waals surface area contributed by atoms with E-state index < -0.39 is 0 Å². The lowest BCUT2D eigenvalue weighted by Crippen LogP contribution is -2.36. The Morgan fingerprint density at radius 1 is 1.80 bits per heavy atom. The van der Waals surface area contributed by atoms with Crippen LogP contribution in [0, 0.1) is 0 Å². The van der Waals surface area contributed by atoms with Crippen LogP contribution in [-0.4, -0.2) is 31.4 Å². The maximum Gasteiger partial charge on any atom is 0.230 e. The van der Waals surface area contributed by atoms with Gasteiger partial charge in [-0.2, -0.15) is 12.6 Å². The van der Waals surface area contributed by atoms with Crippen molar-refractivity contribution in [2.45, 2.75) is 13.0 Å². The molecule has 0 aliphatic carbocycles. The Labute approximate surface area is 66.5 Å². The molecule has 0 rings (SSSR count). The predicted octanol–water partition coefficient (Wildman–Crippen LogP) is 0.0673. The van der Waals surface area contributed by atoms with E-state index >= 15 is 0 Å². The van der Waals surface area contributed by atoms with Crippen molar-refractivity contribution in [1.82, 2.24) is 5.32 Å². The van der Waals surface area contributed by atoms with E-state index in [1.807, 2.05) is 6.92 Å². The second kappa shape index (κ2) is 5.56. The van der Waals surface area contributed by atoms with Gasteiger partial charge in [-0.3, -0.25) is 4.79 Å². The molecule has 4 heteroatoms. The minimum absolute atomic E-state index is 0.0621. The van der Waals surface area contributed by atoms with E-state index in [4.69, 9.17) is 4.74 Å². The molecule has 60 valence electrons. The highest BCUT2D eigenvalue weighted by atomic mass is 32.1. The molecule has 0 aliphatic rings. The Hall–Kier alpha value is -0.220. The number of nitrogens with one attached hydrogen (secondary N) is 1. The van der Waals surface area contributed by atoms with E-state index in [0.29, 0.717) is 6.61 Å². The van der Waals surface area contributed by atoms with Gasteiger partial charge >= 0.3 is 0 Å². The van der Waals surface area contributed by atoms with Crippen LogP contribution in [0.15, 0.2) is 0 Å². The highest BCUT2D eigenvalue weighted by Gasteiger charge is 2.03. The van der Waals surface area contributed by atoms with Gasteiger partial charge in [0.1, 0.15) is 0 Å². The Kier molecular flexibility index (Phi) is 5.43. The smallest absolute Gasteiger partial charge is 0.230 e. The van der Waals surface area contributed by atoms with Gasteiger partial charge in [0.25, 0.3) is 0 Å². The van der Waals surface area contributed by atoms with Gasteiger partial charge in [-0.15, -0.1) is 0 Å². The van der Waals surface area contributed by atoms with E-state index in [9.17, 15) is 4.79 Å². The summed E-state index contributed by atoms with van der Waals surface area (Å²) < 4.78 is 4.81. The molecule has 1 amide bonds. The highest BCUT2D eigenvalue weighted by molar-refractivity contribution is 7.81. The number of hydrogen-bond donors (Lipinski definition) is 2. The summed E-state index contributed by atoms with van der Waals surface area (Å²) in [7, 11) is 1.60. The average Bonchev–Trinajstić information content (AvgIpc) is 1.88. The van der Waals surface area contributed by atoms with Crippen LogP contribution < -0.4 is 5.32 Å². The largest absolute Gasteiger partial charge is 0.383 e. The topological polar surface area (TPSA) is 38.3 Å². The maximum absolute atomic E-state index is 10.7. The summed E-state index contributed by atoms with van der Waals surface area (Å²) in [5.74, 6) is 0.168. The van der Waals surface area contributed by atoms with E-state index in [0.717, 1.165) is 0 Å². The quantitative estimate of drug-likeness (QED) is 0.575. The third kappa shape index (κ3) is 4.64. The zero-order chi connectivity index (χ0) is 7.98. The van der Waals surface area contributed by atoms with Crippen molar-refractivity contribution in [3.8, 4) is 0 Å². The zero-order valence-electron chi connectivity index (χ0n) is 6.26. The molecule has 0 aromatic heterocycles. The molecule has 0 saturated heterocycles. The van der Waals surface area contributed by atoms with Crippen LogP contribution in [0.1, 0.15) is 6.92 Å². The van der Waals surface area contributed by atoms with Gasteiger partial charge in [-0.25, -0.2) is 0 Å². The van der Waals surface area contributed by atoms with Crippen LogP contribution in [0.5, 0.6) is 0 Å². The van der Waals surface area contributed by atoms with Gasteiger partial charge in [0.2, 0.25) is 5.91 Å². The summed E-state index contributed by atoms with van der Waals surface area (Å²) in [6.07, 6.45) is 0. The number of thiol groups is 1. The zero-order valence-corrected chi connectivity index (χ0v) is 7.15. The fourth-order valence-electron chi connectivity index (χ4n) is 0.612. The Morgan fingerprint density at radius 3 is 2.80 bits per heavy atom. The van der Waals surface area contributed by atoms with Crippen LogP contribution in [0.3, 0.4) is 0 Å². The molecule has 1 unspecified atom stereocenters. The van der Waals surface area contributed by atoms with Crippen molar-refractivity contribution in [3.05, 3.63) is 0 Å². The third-order valence-electron chi connectivity index (χ3n) is 0.968. The molecule has 0 fully saturated rings. The summed E-state index contributed by atoms with van der Waals surface area (Å²) in [5.41, 5.74) is 0. The number of hydrogen-bond acceptors (Lipinski definition) is 3. The van der Waals surface area contributed by atoms with Crippen molar-refractivity contribution in [3.63, 3.8) is 0 Å². The molecule has 0 spiro atoms. The first-order chi connectivity index (χ1) is 4.70. The Balaban J connectivity index is 3.37. The van der Waals surface area contributed by atoms with Crippen molar-refractivity contribution in [2.75, 3.05) is 19.5 Å². The molecular formula is C6H13NO2S. The summed E-state index contributed by atoms with van der Waals surface area (Å²) in [6, 6.07) is 0.0737. The molecule has 10 heavy (non-hydrogen) atoms. The van der Waals surface area contributed by atoms with Crippen molar-refractivity contribution in [2.24, 2.45) is 0 Å². The number of carbonyl (C=O) groups excluding carboxylic acids is 1. The Morgan fingerprint density at radius 2 is 2.40 bits per heavy atom. The molecule has 0 bridgehead atoms. The molecule has 0 aromatic carbocycles. The van der Waals surface area contributed by atoms with Crippen LogP contribution in [0.2, 0.25) is 0 Å². The van der Waals surface area contributed by atoms with Gasteiger partial charge in [0.05, 0.1) is 12.4 Å². The average molecular weight is 163 g/mol. The van der Waals surface area contributed by atoms with E-state index in [1.165, 1.54) is 0 Å². The highest BCUT2D eigenvalue weighted by Crippen LogP contribution is 1.82. The van der Waals surface area contributed by atoms with E-state index in [-0.39, 0.29) is 17.7 Å². The lowest BCUT2D eigenvalue weighted by Gasteiger charge is -2.10. The molecule has 0 aromatic rings. The second-order valence-electron chi connectivity index (χ2n) is 2.08. The first-order valence-electron chi connectivity index (χ1n) is 3.10. The molecule has 0 radical (unpaired) electrons. The molecule has 1 atom stereocenters. The van der Waals surface area contributed by atoms with E-state index in [1.54, 1.807) is 7.11 Å². The minimum atomic E-state index is -0.0621. The SMILES string of the molecule is COCC(C)NC(=O)CS. The van der Waals surface area contributed by atoms with Crippen molar-refractivity contribution >= 4 is 18.5 Å². The summed E-state index contributed by atoms with van der Waals surface area (Å²) in [6.45, 7) is 2.42. The van der Waals surface area contributed by atoms with Gasteiger partial charge in [0, 0.05) is 13.2 Å². The fraction of sp³-hybridized carbons (Fsp3) is 0.833. The summed E-state index contributed by atoms with van der Waals surface area (Å²) in [4.78, 5) is 10.7. The van der Waals surface area contributed by atoms with Gasteiger partial charge < -0.3 is 10.1 Å².